The summed E-state index contributed by atoms with van der Waals surface area (Å²) in [5, 5.41) is 15.3. The molecule has 2 fully saturated rings. The Hall–Kier alpha value is -4.86. The number of likely N-dealkylation sites (tertiary alicyclic amines) is 1. The number of carbonyl (C=O) groups excluding carboxylic acids is 1. The highest BCUT2D eigenvalue weighted by molar-refractivity contribution is 5.99. The Kier molecular flexibility index (Phi) is 9.20. The third-order valence-electron chi connectivity index (χ3n) is 9.06. The Morgan fingerprint density at radius 3 is 2.68 bits per heavy atom. The van der Waals surface area contributed by atoms with Crippen molar-refractivity contribution in [2.24, 2.45) is 0 Å². The second kappa shape index (κ2) is 13.5. The van der Waals surface area contributed by atoms with Gasteiger partial charge in [0, 0.05) is 30.3 Å². The molecular formula is C35H39FN8O3. The van der Waals surface area contributed by atoms with Crippen molar-refractivity contribution in [3.05, 3.63) is 72.3 Å². The maximum absolute atomic E-state index is 15.6. The van der Waals surface area contributed by atoms with Gasteiger partial charge < -0.3 is 20.1 Å². The number of halogens is 1. The monoisotopic (exact) mass is 638 g/mol. The third kappa shape index (κ3) is 6.54. The number of carbonyl (C=O) groups is 1. The Morgan fingerprint density at radius 1 is 1.21 bits per heavy atom. The Labute approximate surface area is 273 Å². The molecule has 0 bridgehead atoms. The zero-order chi connectivity index (χ0) is 33.1. The van der Waals surface area contributed by atoms with Crippen LogP contribution in [0.15, 0.2) is 66.5 Å². The molecule has 2 saturated heterocycles. The molecule has 12 heteroatoms. The molecule has 0 aliphatic carbocycles. The van der Waals surface area contributed by atoms with Gasteiger partial charge in [0.2, 0.25) is 0 Å². The van der Waals surface area contributed by atoms with E-state index in [0.717, 1.165) is 6.54 Å². The van der Waals surface area contributed by atoms with E-state index in [2.05, 4.69) is 41.7 Å². The minimum absolute atomic E-state index is 0.122. The summed E-state index contributed by atoms with van der Waals surface area (Å²) in [6.07, 6.45) is 5.07. The Bertz CT molecular complexity index is 1830. The van der Waals surface area contributed by atoms with E-state index in [1.165, 1.54) is 12.4 Å². The molecular weight excluding hydrogens is 599 g/mol. The van der Waals surface area contributed by atoms with Crippen LogP contribution in [-0.4, -0.2) is 79.9 Å². The molecule has 6 rings (SSSR count). The molecule has 1 amide bonds. The fourth-order valence-electron chi connectivity index (χ4n) is 6.56. The maximum atomic E-state index is 15.6. The van der Waals surface area contributed by atoms with Crippen LogP contribution in [0.4, 0.5) is 10.2 Å². The quantitative estimate of drug-likeness (QED) is 0.176. The minimum atomic E-state index is -0.535. The number of hydrogen-bond donors (Lipinski definition) is 1. The van der Waals surface area contributed by atoms with Crippen molar-refractivity contribution < 1.29 is 18.7 Å². The summed E-state index contributed by atoms with van der Waals surface area (Å²) in [4.78, 5) is 26.4. The van der Waals surface area contributed by atoms with Crippen molar-refractivity contribution >= 4 is 22.8 Å². The summed E-state index contributed by atoms with van der Waals surface area (Å²) in [5.41, 5.74) is 7.17. The van der Waals surface area contributed by atoms with Crippen molar-refractivity contribution in [3.63, 3.8) is 0 Å². The van der Waals surface area contributed by atoms with E-state index in [9.17, 15) is 10.1 Å². The maximum Gasteiger partial charge on any atom is 0.264 e. The van der Waals surface area contributed by atoms with Gasteiger partial charge in [-0.15, -0.1) is 0 Å². The molecule has 2 aromatic carbocycles. The van der Waals surface area contributed by atoms with Crippen molar-refractivity contribution in [3.8, 4) is 28.8 Å². The highest BCUT2D eigenvalue weighted by Gasteiger charge is 2.36. The van der Waals surface area contributed by atoms with Crippen molar-refractivity contribution in [2.75, 3.05) is 38.6 Å². The summed E-state index contributed by atoms with van der Waals surface area (Å²) < 4.78 is 28.6. The molecule has 4 aromatic rings. The molecule has 244 valence electrons. The molecule has 0 saturated carbocycles. The van der Waals surface area contributed by atoms with Crippen LogP contribution >= 0.6 is 0 Å². The molecule has 4 heterocycles. The first-order valence-electron chi connectivity index (χ1n) is 16.0. The summed E-state index contributed by atoms with van der Waals surface area (Å²) in [7, 11) is 0. The lowest BCUT2D eigenvalue weighted by Gasteiger charge is -2.46. The van der Waals surface area contributed by atoms with E-state index >= 15 is 4.39 Å². The van der Waals surface area contributed by atoms with Crippen molar-refractivity contribution in [1.29, 1.82) is 5.26 Å². The first-order chi connectivity index (χ1) is 22.7. The van der Waals surface area contributed by atoms with Crippen LogP contribution in [-0.2, 0) is 9.53 Å². The van der Waals surface area contributed by atoms with Gasteiger partial charge in [0.05, 0.1) is 30.7 Å². The fourth-order valence-corrected chi connectivity index (χ4v) is 6.56. The smallest absolute Gasteiger partial charge is 0.264 e. The standard InChI is InChI=1S/C35H39FN8O3/c1-4-43(25-20-46-21-25)35(2,3)15-14-23(18-37)34(45)42-16-8-9-24(19-42)44-33-30(32(38)39-22-40-33)31(41-44)28-13-12-27(17-29(28)36)47-26-10-6-5-7-11-26/h5-7,10-14,17,22,24-25H,4,8-9,15-16,19-21H2,1-3H3,(H2,38,39,40)/b23-14+/t24-/m1/s1. The first-order valence-corrected chi connectivity index (χ1v) is 16.0. The van der Waals surface area contributed by atoms with Gasteiger partial charge in [0.25, 0.3) is 5.91 Å². The zero-order valence-corrected chi connectivity index (χ0v) is 26.9. The van der Waals surface area contributed by atoms with Crippen LogP contribution in [0.1, 0.15) is 46.1 Å². The number of piperidine rings is 1. The van der Waals surface area contributed by atoms with Gasteiger partial charge in [0.1, 0.15) is 46.8 Å². The number of ether oxygens (including phenoxy) is 2. The fraction of sp³-hybridized carbons (Fsp3) is 0.400. The second-order valence-electron chi connectivity index (χ2n) is 12.6. The van der Waals surface area contributed by atoms with E-state index in [1.54, 1.807) is 39.9 Å². The molecule has 2 aromatic heterocycles. The molecule has 2 aliphatic rings. The number of nitrogens with two attached hydrogens (primary N) is 1. The van der Waals surface area contributed by atoms with E-state index < -0.39 is 5.82 Å². The molecule has 0 spiro atoms. The number of para-hydroxylation sites is 1. The van der Waals surface area contributed by atoms with Gasteiger partial charge >= 0.3 is 0 Å². The van der Waals surface area contributed by atoms with Crippen LogP contribution in [0.2, 0.25) is 0 Å². The average molecular weight is 639 g/mol. The van der Waals surface area contributed by atoms with Crippen LogP contribution in [0.25, 0.3) is 22.3 Å². The summed E-state index contributed by atoms with van der Waals surface area (Å²) in [6, 6.07) is 15.9. The predicted molar refractivity (Wildman–Crippen MR) is 176 cm³/mol. The highest BCUT2D eigenvalue weighted by Crippen LogP contribution is 2.36. The molecule has 0 radical (unpaired) electrons. The van der Waals surface area contributed by atoms with E-state index in [-0.39, 0.29) is 34.4 Å². The number of nitriles is 1. The SMILES string of the molecule is CCN(C1COC1)C(C)(C)C/C=C(\C#N)C(=O)N1CCC[C@@H](n2nc(-c3ccc(Oc4ccccc4)cc3F)c3c(N)ncnc32)C1. The van der Waals surface area contributed by atoms with Crippen molar-refractivity contribution in [2.45, 2.75) is 57.7 Å². The largest absolute Gasteiger partial charge is 0.457 e. The number of likely N-dealkylation sites (N-methyl/N-ethyl adjacent to an activating group) is 1. The number of anilines is 1. The van der Waals surface area contributed by atoms with E-state index in [1.807, 2.05) is 18.2 Å². The van der Waals surface area contributed by atoms with Gasteiger partial charge in [-0.2, -0.15) is 10.4 Å². The molecule has 0 unspecified atom stereocenters. The molecule has 11 nitrogen and oxygen atoms in total. The molecule has 2 aliphatic heterocycles. The second-order valence-corrected chi connectivity index (χ2v) is 12.6. The number of rotatable bonds is 10. The Morgan fingerprint density at radius 2 is 2.00 bits per heavy atom. The molecule has 1 atom stereocenters. The lowest BCUT2D eigenvalue weighted by Crippen LogP contribution is -2.57. The van der Waals surface area contributed by atoms with Crippen LogP contribution in [0.5, 0.6) is 11.5 Å². The first kappa shape index (κ1) is 32.1. The number of nitrogens with zero attached hydrogens (tertiary/aromatic N) is 7. The lowest BCUT2D eigenvalue weighted by atomic mass is 9.93. The number of nitrogen functional groups attached to an aromatic ring is 1. The molecule has 47 heavy (non-hydrogen) atoms. The van der Waals surface area contributed by atoms with Gasteiger partial charge in [-0.05, 0) is 63.9 Å². The van der Waals surface area contributed by atoms with E-state index in [4.69, 9.17) is 20.3 Å². The van der Waals surface area contributed by atoms with Crippen LogP contribution in [0.3, 0.4) is 0 Å². The highest BCUT2D eigenvalue weighted by atomic mass is 19.1. The average Bonchev–Trinajstić information content (AvgIpc) is 3.44. The minimum Gasteiger partial charge on any atom is -0.457 e. The van der Waals surface area contributed by atoms with Crippen molar-refractivity contribution in [1.82, 2.24) is 29.5 Å². The Balaban J connectivity index is 1.24. The van der Waals surface area contributed by atoms with E-state index in [0.29, 0.717) is 79.8 Å². The number of hydrogen-bond acceptors (Lipinski definition) is 9. The predicted octanol–water partition coefficient (Wildman–Crippen LogP) is 5.51. The lowest BCUT2D eigenvalue weighted by molar-refractivity contribution is -0.128. The van der Waals surface area contributed by atoms with Crippen LogP contribution in [0, 0.1) is 17.1 Å². The summed E-state index contributed by atoms with van der Waals surface area (Å²) in [5.74, 6) is 0.265. The third-order valence-corrected chi connectivity index (χ3v) is 9.06. The number of benzene rings is 2. The van der Waals surface area contributed by atoms with Gasteiger partial charge in [0.15, 0.2) is 5.65 Å². The number of amides is 1. The topological polar surface area (TPSA) is 135 Å². The van der Waals surface area contributed by atoms with Gasteiger partial charge in [-0.25, -0.2) is 19.0 Å². The number of aromatic nitrogens is 4. The number of fused-ring (bicyclic) bond motifs is 1. The normalized spacial score (nSPS) is 17.5. The summed E-state index contributed by atoms with van der Waals surface area (Å²) >= 11 is 0. The summed E-state index contributed by atoms with van der Waals surface area (Å²) in [6.45, 7) is 9.43. The van der Waals surface area contributed by atoms with Crippen LogP contribution < -0.4 is 10.5 Å². The molecule has 2 N–H and O–H groups in total. The zero-order valence-electron chi connectivity index (χ0n) is 26.9. The van der Waals surface area contributed by atoms with Gasteiger partial charge in [-0.1, -0.05) is 31.2 Å². The van der Waals surface area contributed by atoms with Gasteiger partial charge in [-0.3, -0.25) is 9.69 Å².